The van der Waals surface area contributed by atoms with E-state index >= 15 is 0 Å². The van der Waals surface area contributed by atoms with Crippen molar-refractivity contribution in [3.05, 3.63) is 100 Å². The van der Waals surface area contributed by atoms with Crippen LogP contribution in [0.25, 0.3) is 0 Å². The monoisotopic (exact) mass is 668 g/mol. The molecule has 8 N–H and O–H groups in total. The van der Waals surface area contributed by atoms with Crippen molar-refractivity contribution in [3.8, 4) is 17.6 Å². The Hall–Kier alpha value is -4.35. The number of amides is 1. The third kappa shape index (κ3) is 13.0. The lowest BCUT2D eigenvalue weighted by Crippen LogP contribution is -2.83. The Morgan fingerprint density at radius 1 is 0.875 bits per heavy atom. The van der Waals surface area contributed by atoms with E-state index in [2.05, 4.69) is 18.8 Å². The van der Waals surface area contributed by atoms with E-state index in [1.165, 1.54) is 24.3 Å². The zero-order valence-corrected chi connectivity index (χ0v) is 27.1. The molecule has 0 aliphatic heterocycles. The third-order valence-corrected chi connectivity index (χ3v) is 7.35. The number of likely N-dealkylation sites (N-methyl/N-ethyl adjacent to an activating group) is 1. The van der Waals surface area contributed by atoms with Gasteiger partial charge in [-0.1, -0.05) is 55.9 Å². The molecule has 3 aromatic rings. The molecule has 11 nitrogen and oxygen atoms in total. The molecule has 0 fully saturated rings. The summed E-state index contributed by atoms with van der Waals surface area (Å²) in [7, 11) is 1.70. The third-order valence-electron chi connectivity index (χ3n) is 7.35. The van der Waals surface area contributed by atoms with E-state index in [9.17, 15) is 34.4 Å². The largest absolute Gasteiger partial charge is 0.872 e. The first-order valence-electron chi connectivity index (χ1n) is 15.7. The Balaban J connectivity index is 0.000000521. The molecule has 0 bridgehead atoms. The summed E-state index contributed by atoms with van der Waals surface area (Å²) in [6.45, 7) is 2.41. The quantitative estimate of drug-likeness (QED) is 0.0906. The molecule has 1 amide bonds. The van der Waals surface area contributed by atoms with Gasteiger partial charge in [-0.3, -0.25) is 4.79 Å². The van der Waals surface area contributed by atoms with Gasteiger partial charge in [0, 0.05) is 29.8 Å². The summed E-state index contributed by atoms with van der Waals surface area (Å²) in [5.41, 5.74) is 2.19. The minimum Gasteiger partial charge on any atom is -0.872 e. The Morgan fingerprint density at radius 3 is 2.00 bits per heavy atom. The van der Waals surface area contributed by atoms with E-state index in [4.69, 9.17) is 15.3 Å². The summed E-state index contributed by atoms with van der Waals surface area (Å²) >= 11 is 0. The van der Waals surface area contributed by atoms with Gasteiger partial charge >= 0.3 is 5.97 Å². The molecule has 0 saturated heterocycles. The lowest BCUT2D eigenvalue weighted by molar-refractivity contribution is -0.635. The van der Waals surface area contributed by atoms with Gasteiger partial charge in [-0.05, 0) is 66.6 Å². The number of aliphatic hydroxyl groups is 5. The summed E-state index contributed by atoms with van der Waals surface area (Å²) in [6.07, 6.45) is -1.58. The van der Waals surface area contributed by atoms with Crippen LogP contribution in [-0.2, 0) is 6.54 Å². The number of aromatic carboxylic acids is 1. The number of nitrogens with zero attached hydrogens (tertiary/aromatic N) is 1. The first kappa shape index (κ1) is 39.8. The van der Waals surface area contributed by atoms with Crippen molar-refractivity contribution in [3.63, 3.8) is 0 Å². The summed E-state index contributed by atoms with van der Waals surface area (Å²) in [5, 5.41) is 67.7. The topological polar surface area (TPSA) is 198 Å². The molecule has 0 heterocycles. The fourth-order valence-corrected chi connectivity index (χ4v) is 4.55. The number of hydrogen-bond acceptors (Lipinski definition) is 8. The summed E-state index contributed by atoms with van der Waals surface area (Å²) in [5.74, 6) is 3.63. The summed E-state index contributed by atoms with van der Waals surface area (Å²) in [6, 6.07) is 17.0. The number of unbranched alkanes of at least 4 members (excludes halogenated alkanes) is 3. The van der Waals surface area contributed by atoms with Crippen LogP contribution in [0.5, 0.6) is 5.75 Å². The first-order chi connectivity index (χ1) is 22.9. The van der Waals surface area contributed by atoms with Gasteiger partial charge in [-0.25, -0.2) is 9.18 Å². The normalized spacial score (nSPS) is 13.2. The minimum atomic E-state index is -1.53. The molecule has 3 aromatic carbocycles. The molecule has 0 aromatic heterocycles. The van der Waals surface area contributed by atoms with Crippen LogP contribution in [0.4, 0.5) is 4.39 Å². The maximum Gasteiger partial charge on any atom is 0.335 e. The van der Waals surface area contributed by atoms with Crippen molar-refractivity contribution in [2.24, 2.45) is 0 Å². The fourth-order valence-electron chi connectivity index (χ4n) is 4.55. The van der Waals surface area contributed by atoms with Crippen molar-refractivity contribution in [2.45, 2.75) is 63.6 Å². The molecule has 260 valence electrons. The van der Waals surface area contributed by atoms with E-state index < -0.39 is 42.7 Å². The maximum absolute atomic E-state index is 13.3. The van der Waals surface area contributed by atoms with Gasteiger partial charge in [-0.2, -0.15) is 0 Å². The number of rotatable bonds is 15. The fraction of sp³-hybridized carbons (Fsp3) is 0.389. The van der Waals surface area contributed by atoms with Crippen LogP contribution >= 0.6 is 0 Å². The van der Waals surface area contributed by atoms with Crippen LogP contribution in [0.15, 0.2) is 66.7 Å². The SMILES string of the molecule is CCCCCCN(Cc1ccc([O-])c(C(=O)O)c1)C(=O)c1ccc(C#Cc2ccc(F)cc2)cc1.C[NH2+]C[C@H](O)[C@@H](O)[C@H](O)[C@H](O)CO. The van der Waals surface area contributed by atoms with E-state index in [0.717, 1.165) is 31.2 Å². The minimum absolute atomic E-state index is 0.178. The van der Waals surface area contributed by atoms with Gasteiger partial charge in [0.1, 0.15) is 36.8 Å². The lowest BCUT2D eigenvalue weighted by Gasteiger charge is -2.24. The predicted octanol–water partition coefficient (Wildman–Crippen LogP) is 0.836. The van der Waals surface area contributed by atoms with E-state index in [1.807, 2.05) is 0 Å². The molecule has 0 unspecified atom stereocenters. The van der Waals surface area contributed by atoms with Gasteiger partial charge in [0.2, 0.25) is 0 Å². The molecule has 0 spiro atoms. The number of nitrogens with two attached hydrogens (primary N) is 1. The molecule has 0 aliphatic carbocycles. The van der Waals surface area contributed by atoms with E-state index in [-0.39, 0.29) is 30.4 Å². The van der Waals surface area contributed by atoms with Crippen LogP contribution in [0.2, 0.25) is 0 Å². The van der Waals surface area contributed by atoms with Gasteiger partial charge in [0.25, 0.3) is 5.91 Å². The molecule has 0 radical (unpaired) electrons. The molecule has 0 saturated carbocycles. The van der Waals surface area contributed by atoms with Crippen molar-refractivity contribution in [1.82, 2.24) is 4.90 Å². The second-order valence-electron chi connectivity index (χ2n) is 11.2. The van der Waals surface area contributed by atoms with Crippen LogP contribution in [0.3, 0.4) is 0 Å². The molecule has 0 aliphatic rings. The standard InChI is InChI=1S/C29H28FNO4.C7H17NO5/c1-2-3-4-5-18-31(20-23-12-17-27(32)26(19-23)29(34)35)28(33)24-13-8-21(9-14-24)6-7-22-10-15-25(30)16-11-22;1-8-2-4(10)6(12)7(13)5(11)3-9/h8-17,19,32H,2-5,18,20H2,1H3,(H,34,35);4-13H,2-3H2,1H3/t;4-,5+,6+,7+/m.0/s1. The number of carboxylic acids is 1. The Bertz CT molecular complexity index is 1490. The highest BCUT2D eigenvalue weighted by Gasteiger charge is 2.30. The van der Waals surface area contributed by atoms with Crippen LogP contribution in [0.1, 0.15) is 70.0 Å². The predicted molar refractivity (Wildman–Crippen MR) is 174 cm³/mol. The summed E-state index contributed by atoms with van der Waals surface area (Å²) in [4.78, 5) is 26.3. The number of carbonyl (C=O) groups is 2. The molecular weight excluding hydrogens is 623 g/mol. The molecule has 4 atom stereocenters. The lowest BCUT2D eigenvalue weighted by atomic mass is 10.0. The van der Waals surface area contributed by atoms with Gasteiger partial charge < -0.3 is 46.0 Å². The Labute approximate surface area is 279 Å². The number of halogens is 1. The smallest absolute Gasteiger partial charge is 0.335 e. The van der Waals surface area contributed by atoms with Gasteiger partial charge in [0.15, 0.2) is 0 Å². The average molecular weight is 669 g/mol. The highest BCUT2D eigenvalue weighted by molar-refractivity contribution is 5.94. The Morgan fingerprint density at radius 2 is 1.46 bits per heavy atom. The van der Waals surface area contributed by atoms with Crippen LogP contribution in [-0.4, -0.2) is 98.6 Å². The maximum atomic E-state index is 13.3. The number of benzene rings is 3. The van der Waals surface area contributed by atoms with Crippen LogP contribution in [0, 0.1) is 17.7 Å². The summed E-state index contributed by atoms with van der Waals surface area (Å²) < 4.78 is 13.0. The number of quaternary nitrogens is 1. The number of carboxylic acid groups (broad SMARTS) is 1. The molecule has 48 heavy (non-hydrogen) atoms. The first-order valence-corrected chi connectivity index (χ1v) is 15.7. The van der Waals surface area contributed by atoms with Crippen LogP contribution < -0.4 is 10.4 Å². The van der Waals surface area contributed by atoms with Crippen molar-refractivity contribution in [1.29, 1.82) is 0 Å². The molecule has 3 rings (SSSR count). The highest BCUT2D eigenvalue weighted by atomic mass is 19.1. The number of hydrogen-bond donors (Lipinski definition) is 7. The second kappa shape index (κ2) is 20.8. The van der Waals surface area contributed by atoms with E-state index in [1.54, 1.807) is 59.7 Å². The van der Waals surface area contributed by atoms with Gasteiger partial charge in [-0.15, -0.1) is 0 Å². The number of aliphatic hydroxyl groups excluding tert-OH is 5. The Kier molecular flexibility index (Phi) is 17.3. The second-order valence-corrected chi connectivity index (χ2v) is 11.2. The average Bonchev–Trinajstić information content (AvgIpc) is 3.09. The molecular formula is C36H45FN2O9. The highest BCUT2D eigenvalue weighted by Crippen LogP contribution is 2.19. The molecule has 12 heteroatoms. The van der Waals surface area contributed by atoms with E-state index in [0.29, 0.717) is 23.2 Å². The van der Waals surface area contributed by atoms with Crippen molar-refractivity contribution in [2.75, 3.05) is 26.7 Å². The van der Waals surface area contributed by atoms with Gasteiger partial charge in [0.05, 0.1) is 19.2 Å². The number of carbonyl (C=O) groups excluding carboxylic acids is 1. The zero-order valence-electron chi connectivity index (χ0n) is 27.1. The van der Waals surface area contributed by atoms with Crippen molar-refractivity contribution >= 4 is 11.9 Å². The van der Waals surface area contributed by atoms with Crippen molar-refractivity contribution < 1.29 is 55.0 Å². The zero-order chi connectivity index (χ0) is 35.6.